The van der Waals surface area contributed by atoms with Gasteiger partial charge in [-0.2, -0.15) is 0 Å². The van der Waals surface area contributed by atoms with Gasteiger partial charge < -0.3 is 4.74 Å². The zero-order chi connectivity index (χ0) is 16.6. The van der Waals surface area contributed by atoms with E-state index in [1.54, 1.807) is 0 Å². The Morgan fingerprint density at radius 3 is 2.70 bits per heavy atom. The average Bonchev–Trinajstić information content (AvgIpc) is 2.91. The number of nitrogens with zero attached hydrogens (tertiary/aromatic N) is 2. The minimum absolute atomic E-state index is 0.0569. The van der Waals surface area contributed by atoms with Crippen LogP contribution < -0.4 is 4.74 Å². The molecule has 3 aromatic rings. The molecular formula is C17H14F2N2O2. The molecule has 6 heteroatoms. The maximum atomic E-state index is 13.9. The molecule has 0 aliphatic carbocycles. The van der Waals surface area contributed by atoms with E-state index in [9.17, 15) is 13.6 Å². The average molecular weight is 316 g/mol. The Morgan fingerprint density at radius 1 is 1.26 bits per heavy atom. The van der Waals surface area contributed by atoms with Crippen molar-refractivity contribution in [3.63, 3.8) is 0 Å². The molecule has 3 rings (SSSR count). The Balaban J connectivity index is 2.17. The largest absolute Gasteiger partial charge is 0.494 e. The molecule has 0 unspecified atom stereocenters. The van der Waals surface area contributed by atoms with E-state index >= 15 is 0 Å². The maximum absolute atomic E-state index is 13.9. The lowest BCUT2D eigenvalue weighted by Crippen LogP contribution is -2.09. The summed E-state index contributed by atoms with van der Waals surface area (Å²) in [6, 6.07) is 6.75. The van der Waals surface area contributed by atoms with Gasteiger partial charge in [0.2, 0.25) is 5.78 Å². The molecule has 0 radical (unpaired) electrons. The van der Waals surface area contributed by atoms with E-state index in [1.165, 1.54) is 42.0 Å². The lowest BCUT2D eigenvalue weighted by molar-refractivity contribution is 0.103. The first-order valence-corrected chi connectivity index (χ1v) is 7.10. The highest BCUT2D eigenvalue weighted by Crippen LogP contribution is 2.22. The summed E-state index contributed by atoms with van der Waals surface area (Å²) in [7, 11) is 1.35. The van der Waals surface area contributed by atoms with Crippen molar-refractivity contribution in [3.8, 4) is 5.75 Å². The summed E-state index contributed by atoms with van der Waals surface area (Å²) in [5.41, 5.74) is 1.41. The minimum atomic E-state index is -0.628. The van der Waals surface area contributed by atoms with E-state index in [4.69, 9.17) is 4.74 Å². The molecule has 0 saturated carbocycles. The van der Waals surface area contributed by atoms with Gasteiger partial charge in [0.1, 0.15) is 17.2 Å². The van der Waals surface area contributed by atoms with Crippen molar-refractivity contribution >= 4 is 11.4 Å². The fourth-order valence-electron chi connectivity index (χ4n) is 2.50. The fraction of sp³-hybridized carbons (Fsp3) is 0.176. The number of carbonyl (C=O) groups is 1. The molecule has 1 aromatic carbocycles. The van der Waals surface area contributed by atoms with E-state index in [-0.39, 0.29) is 17.0 Å². The van der Waals surface area contributed by atoms with E-state index < -0.39 is 17.4 Å². The standard InChI is InChI=1S/C17H14F2N2O2/c1-3-13-16(21-9-11(18)5-7-15(21)20-13)17(22)10-4-6-14(23-2)12(19)8-10/h4-9H,3H2,1-2H3. The molecule has 2 aromatic heterocycles. The summed E-state index contributed by atoms with van der Waals surface area (Å²) < 4.78 is 33.6. The van der Waals surface area contributed by atoms with Crippen molar-refractivity contribution in [1.29, 1.82) is 0 Å². The number of ketones is 1. The first-order chi connectivity index (χ1) is 11.0. The van der Waals surface area contributed by atoms with Gasteiger partial charge in [0.05, 0.1) is 12.8 Å². The van der Waals surface area contributed by atoms with Crippen LogP contribution in [-0.4, -0.2) is 22.3 Å². The van der Waals surface area contributed by atoms with E-state index in [0.717, 1.165) is 6.07 Å². The molecule has 0 spiro atoms. The minimum Gasteiger partial charge on any atom is -0.494 e. The van der Waals surface area contributed by atoms with Crippen LogP contribution in [0.4, 0.5) is 8.78 Å². The first kappa shape index (κ1) is 15.1. The number of hydrogen-bond acceptors (Lipinski definition) is 3. The van der Waals surface area contributed by atoms with Crippen molar-refractivity contribution in [1.82, 2.24) is 9.38 Å². The number of rotatable bonds is 4. The van der Waals surface area contributed by atoms with Crippen LogP contribution in [0, 0.1) is 11.6 Å². The molecule has 4 nitrogen and oxygen atoms in total. The molecule has 0 amide bonds. The number of ether oxygens (including phenoxy) is 1. The van der Waals surface area contributed by atoms with Gasteiger partial charge in [0.15, 0.2) is 11.6 Å². The Morgan fingerprint density at radius 2 is 2.04 bits per heavy atom. The molecule has 0 aliphatic rings. The summed E-state index contributed by atoms with van der Waals surface area (Å²) in [5.74, 6) is -1.47. The summed E-state index contributed by atoms with van der Waals surface area (Å²) in [6.07, 6.45) is 1.71. The van der Waals surface area contributed by atoms with Crippen LogP contribution in [0.1, 0.15) is 28.7 Å². The van der Waals surface area contributed by atoms with Crippen LogP contribution in [0.3, 0.4) is 0 Å². The third-order valence-corrected chi connectivity index (χ3v) is 3.62. The van der Waals surface area contributed by atoms with Crippen molar-refractivity contribution in [2.75, 3.05) is 7.11 Å². The zero-order valence-electron chi connectivity index (χ0n) is 12.6. The van der Waals surface area contributed by atoms with Gasteiger partial charge in [0.25, 0.3) is 0 Å². The SMILES string of the molecule is CCc1nc2ccc(F)cn2c1C(=O)c1ccc(OC)c(F)c1. The second kappa shape index (κ2) is 5.79. The molecule has 23 heavy (non-hydrogen) atoms. The number of carbonyl (C=O) groups excluding carboxylic acids is 1. The topological polar surface area (TPSA) is 43.6 Å². The normalized spacial score (nSPS) is 11.0. The second-order valence-electron chi connectivity index (χ2n) is 5.01. The summed E-state index contributed by atoms with van der Waals surface area (Å²) in [5, 5.41) is 0. The monoisotopic (exact) mass is 316 g/mol. The Labute approximate surface area is 131 Å². The smallest absolute Gasteiger partial charge is 0.211 e. The van der Waals surface area contributed by atoms with Crippen LogP contribution in [0.5, 0.6) is 5.75 Å². The zero-order valence-corrected chi connectivity index (χ0v) is 12.6. The van der Waals surface area contributed by atoms with Crippen LogP contribution in [0.25, 0.3) is 5.65 Å². The molecule has 2 heterocycles. The summed E-state index contributed by atoms with van der Waals surface area (Å²) in [4.78, 5) is 17.1. The number of aryl methyl sites for hydroxylation is 1. The summed E-state index contributed by atoms with van der Waals surface area (Å²) in [6.45, 7) is 1.85. The Hall–Kier alpha value is -2.76. The van der Waals surface area contributed by atoms with Gasteiger partial charge in [-0.15, -0.1) is 0 Å². The molecule has 0 aliphatic heterocycles. The third kappa shape index (κ3) is 2.56. The number of benzene rings is 1. The highest BCUT2D eigenvalue weighted by Gasteiger charge is 2.21. The second-order valence-corrected chi connectivity index (χ2v) is 5.01. The molecule has 0 bridgehead atoms. The van der Waals surface area contributed by atoms with Crippen LogP contribution in [0.15, 0.2) is 36.5 Å². The summed E-state index contributed by atoms with van der Waals surface area (Å²) >= 11 is 0. The highest BCUT2D eigenvalue weighted by atomic mass is 19.1. The molecule has 0 N–H and O–H groups in total. The number of fused-ring (bicyclic) bond motifs is 1. The van der Waals surface area contributed by atoms with Crippen molar-refractivity contribution in [2.24, 2.45) is 0 Å². The molecule has 0 fully saturated rings. The van der Waals surface area contributed by atoms with Gasteiger partial charge in [-0.3, -0.25) is 9.20 Å². The molecule has 118 valence electrons. The fourth-order valence-corrected chi connectivity index (χ4v) is 2.50. The Bertz CT molecular complexity index is 903. The number of aromatic nitrogens is 2. The van der Waals surface area contributed by atoms with Crippen LogP contribution in [0.2, 0.25) is 0 Å². The van der Waals surface area contributed by atoms with Gasteiger partial charge in [-0.05, 0) is 36.8 Å². The van der Waals surface area contributed by atoms with Crippen molar-refractivity contribution in [2.45, 2.75) is 13.3 Å². The van der Waals surface area contributed by atoms with E-state index in [2.05, 4.69) is 4.98 Å². The van der Waals surface area contributed by atoms with E-state index in [0.29, 0.717) is 17.8 Å². The predicted octanol–water partition coefficient (Wildman–Crippen LogP) is 3.41. The molecular weight excluding hydrogens is 302 g/mol. The lowest BCUT2D eigenvalue weighted by atomic mass is 10.1. The number of imidazole rings is 1. The number of halogens is 2. The first-order valence-electron chi connectivity index (χ1n) is 7.10. The van der Waals surface area contributed by atoms with Crippen LogP contribution >= 0.6 is 0 Å². The van der Waals surface area contributed by atoms with E-state index in [1.807, 2.05) is 6.92 Å². The predicted molar refractivity (Wildman–Crippen MR) is 80.9 cm³/mol. The lowest BCUT2D eigenvalue weighted by Gasteiger charge is -2.06. The maximum Gasteiger partial charge on any atom is 0.211 e. The third-order valence-electron chi connectivity index (χ3n) is 3.62. The van der Waals surface area contributed by atoms with Crippen molar-refractivity contribution in [3.05, 3.63) is 65.1 Å². The molecule has 0 saturated heterocycles. The number of methoxy groups -OCH3 is 1. The number of pyridine rings is 1. The molecule has 0 atom stereocenters. The van der Waals surface area contributed by atoms with Gasteiger partial charge >= 0.3 is 0 Å². The van der Waals surface area contributed by atoms with Crippen LogP contribution in [-0.2, 0) is 6.42 Å². The van der Waals surface area contributed by atoms with Gasteiger partial charge in [-0.25, -0.2) is 13.8 Å². The highest BCUT2D eigenvalue weighted by molar-refractivity contribution is 6.09. The van der Waals surface area contributed by atoms with Gasteiger partial charge in [-0.1, -0.05) is 6.92 Å². The quantitative estimate of drug-likeness (QED) is 0.693. The Kier molecular flexibility index (Phi) is 3.82. The van der Waals surface area contributed by atoms with Gasteiger partial charge in [0, 0.05) is 11.8 Å². The number of hydrogen-bond donors (Lipinski definition) is 0. The van der Waals surface area contributed by atoms with Crippen molar-refractivity contribution < 1.29 is 18.3 Å².